The van der Waals surface area contributed by atoms with Crippen molar-refractivity contribution in [3.8, 4) is 11.5 Å². The summed E-state index contributed by atoms with van der Waals surface area (Å²) in [5, 5.41) is 6.98. The number of nitrogens with one attached hydrogen (secondary N) is 2. The number of thiocarbonyl (C=S) groups is 1. The van der Waals surface area contributed by atoms with Gasteiger partial charge in [0.05, 0.1) is 37.8 Å². The van der Waals surface area contributed by atoms with E-state index in [9.17, 15) is 9.59 Å². The van der Waals surface area contributed by atoms with Crippen LogP contribution in [0.4, 0.5) is 5.00 Å². The SMILES string of the molecule is COC(=O)c1c(NC(=S)NC(C)c2ccc(OC)c(OC)c2)sc(C(=O)N(C)C)c1C. The Labute approximate surface area is 191 Å². The largest absolute Gasteiger partial charge is 0.493 e. The van der Waals surface area contributed by atoms with Crippen LogP contribution in [0.1, 0.15) is 44.1 Å². The monoisotopic (exact) mass is 465 g/mol. The van der Waals surface area contributed by atoms with E-state index in [-0.39, 0.29) is 11.9 Å². The zero-order chi connectivity index (χ0) is 23.3. The molecule has 0 radical (unpaired) electrons. The van der Waals surface area contributed by atoms with Crippen molar-refractivity contribution in [1.82, 2.24) is 10.2 Å². The van der Waals surface area contributed by atoms with Crippen LogP contribution in [-0.2, 0) is 4.74 Å². The van der Waals surface area contributed by atoms with Crippen molar-refractivity contribution in [3.63, 3.8) is 0 Å². The van der Waals surface area contributed by atoms with Crippen molar-refractivity contribution < 1.29 is 23.8 Å². The first-order valence-corrected chi connectivity index (χ1v) is 10.6. The Morgan fingerprint density at radius 3 is 2.32 bits per heavy atom. The van der Waals surface area contributed by atoms with Gasteiger partial charge in [0.25, 0.3) is 5.91 Å². The summed E-state index contributed by atoms with van der Waals surface area (Å²) in [7, 11) is 7.76. The molecule has 2 aromatic rings. The van der Waals surface area contributed by atoms with Gasteiger partial charge in [-0.25, -0.2) is 4.79 Å². The number of hydrogen-bond donors (Lipinski definition) is 2. The fraction of sp³-hybridized carbons (Fsp3) is 0.381. The van der Waals surface area contributed by atoms with Crippen molar-refractivity contribution in [1.29, 1.82) is 0 Å². The lowest BCUT2D eigenvalue weighted by Crippen LogP contribution is -2.31. The predicted octanol–water partition coefficient (Wildman–Crippen LogP) is 3.61. The minimum absolute atomic E-state index is 0.162. The number of hydrogen-bond acceptors (Lipinski definition) is 7. The van der Waals surface area contributed by atoms with Gasteiger partial charge in [0.15, 0.2) is 16.6 Å². The summed E-state index contributed by atoms with van der Waals surface area (Å²) < 4.78 is 15.5. The van der Waals surface area contributed by atoms with E-state index < -0.39 is 5.97 Å². The highest BCUT2D eigenvalue weighted by molar-refractivity contribution is 7.80. The Morgan fingerprint density at radius 1 is 1.13 bits per heavy atom. The molecule has 0 saturated carbocycles. The van der Waals surface area contributed by atoms with E-state index in [1.807, 2.05) is 25.1 Å². The summed E-state index contributed by atoms with van der Waals surface area (Å²) in [5.41, 5.74) is 1.77. The fourth-order valence-corrected chi connectivity index (χ4v) is 4.46. The maximum Gasteiger partial charge on any atom is 0.341 e. The molecule has 31 heavy (non-hydrogen) atoms. The minimum atomic E-state index is -0.537. The molecule has 1 aromatic heterocycles. The molecule has 0 aliphatic rings. The van der Waals surface area contributed by atoms with Crippen LogP contribution in [0.5, 0.6) is 11.5 Å². The summed E-state index contributed by atoms with van der Waals surface area (Å²) in [6, 6.07) is 5.43. The maximum absolute atomic E-state index is 12.5. The molecular weight excluding hydrogens is 438 g/mol. The molecule has 0 fully saturated rings. The number of anilines is 1. The van der Waals surface area contributed by atoms with Gasteiger partial charge in [-0.2, -0.15) is 0 Å². The van der Waals surface area contributed by atoms with E-state index in [0.717, 1.165) is 16.9 Å². The van der Waals surface area contributed by atoms with Crippen molar-refractivity contribution in [3.05, 3.63) is 39.8 Å². The molecule has 0 saturated heterocycles. The Bertz CT molecular complexity index is 988. The molecule has 2 N–H and O–H groups in total. The Kier molecular flexibility index (Phi) is 8.23. The van der Waals surface area contributed by atoms with Gasteiger partial charge in [-0.1, -0.05) is 6.07 Å². The molecule has 1 atom stereocenters. The first kappa shape index (κ1) is 24.4. The van der Waals surface area contributed by atoms with Gasteiger partial charge in [-0.05, 0) is 49.3 Å². The van der Waals surface area contributed by atoms with Gasteiger partial charge in [-0.15, -0.1) is 11.3 Å². The zero-order valence-corrected chi connectivity index (χ0v) is 20.2. The summed E-state index contributed by atoms with van der Waals surface area (Å²) in [5.74, 6) is 0.512. The number of amides is 1. The average Bonchev–Trinajstić information content (AvgIpc) is 3.07. The third-order valence-corrected chi connectivity index (χ3v) is 6.03. The number of rotatable bonds is 7. The van der Waals surface area contributed by atoms with Crippen LogP contribution in [0.2, 0.25) is 0 Å². The quantitative estimate of drug-likeness (QED) is 0.474. The molecule has 0 aliphatic carbocycles. The molecule has 1 amide bonds. The van der Waals surface area contributed by atoms with Gasteiger partial charge < -0.3 is 29.7 Å². The molecule has 1 heterocycles. The van der Waals surface area contributed by atoms with Crippen LogP contribution in [0.25, 0.3) is 0 Å². The molecule has 8 nitrogen and oxygen atoms in total. The highest BCUT2D eigenvalue weighted by Gasteiger charge is 2.26. The highest BCUT2D eigenvalue weighted by atomic mass is 32.1. The van der Waals surface area contributed by atoms with Gasteiger partial charge in [0.2, 0.25) is 0 Å². The number of ether oxygens (including phenoxy) is 3. The zero-order valence-electron chi connectivity index (χ0n) is 18.6. The van der Waals surface area contributed by atoms with Crippen molar-refractivity contribution in [2.45, 2.75) is 19.9 Å². The number of thiophene rings is 1. The molecule has 2 rings (SSSR count). The normalized spacial score (nSPS) is 11.3. The summed E-state index contributed by atoms with van der Waals surface area (Å²) in [6.45, 7) is 3.66. The Hall–Kier alpha value is -2.85. The lowest BCUT2D eigenvalue weighted by atomic mass is 10.1. The van der Waals surface area contributed by atoms with Gasteiger partial charge in [-0.3, -0.25) is 4.79 Å². The van der Waals surface area contributed by atoms with Crippen LogP contribution in [0, 0.1) is 6.92 Å². The smallest absolute Gasteiger partial charge is 0.341 e. The molecule has 0 bridgehead atoms. The number of methoxy groups -OCH3 is 3. The second-order valence-corrected chi connectivity index (χ2v) is 8.31. The molecule has 1 unspecified atom stereocenters. The number of benzene rings is 1. The van der Waals surface area contributed by atoms with Crippen molar-refractivity contribution >= 4 is 45.5 Å². The maximum atomic E-state index is 12.5. The molecular formula is C21H27N3O5S2. The van der Waals surface area contributed by atoms with E-state index in [0.29, 0.717) is 37.6 Å². The van der Waals surface area contributed by atoms with E-state index in [2.05, 4.69) is 10.6 Å². The second kappa shape index (κ2) is 10.5. The van der Waals surface area contributed by atoms with Crippen molar-refractivity contribution in [2.75, 3.05) is 40.7 Å². The van der Waals surface area contributed by atoms with Gasteiger partial charge >= 0.3 is 5.97 Å². The Morgan fingerprint density at radius 2 is 1.77 bits per heavy atom. The molecule has 1 aromatic carbocycles. The topological polar surface area (TPSA) is 89.1 Å². The van der Waals surface area contributed by atoms with Gasteiger partial charge in [0.1, 0.15) is 5.00 Å². The number of carbonyl (C=O) groups excluding carboxylic acids is 2. The number of carbonyl (C=O) groups is 2. The van der Waals surface area contributed by atoms with Crippen LogP contribution < -0.4 is 20.1 Å². The minimum Gasteiger partial charge on any atom is -0.493 e. The average molecular weight is 466 g/mol. The van der Waals surface area contributed by atoms with Crippen molar-refractivity contribution in [2.24, 2.45) is 0 Å². The van der Waals surface area contributed by atoms with E-state index in [4.69, 9.17) is 26.4 Å². The first-order valence-electron chi connectivity index (χ1n) is 9.37. The predicted molar refractivity (Wildman–Crippen MR) is 126 cm³/mol. The fourth-order valence-electron chi connectivity index (χ4n) is 2.90. The number of nitrogens with zero attached hydrogens (tertiary/aromatic N) is 1. The third kappa shape index (κ3) is 5.45. The van der Waals surface area contributed by atoms with Crippen LogP contribution in [0.15, 0.2) is 18.2 Å². The van der Waals surface area contributed by atoms with E-state index >= 15 is 0 Å². The third-order valence-electron chi connectivity index (χ3n) is 4.62. The highest BCUT2D eigenvalue weighted by Crippen LogP contribution is 2.34. The molecule has 0 aliphatic heterocycles. The molecule has 0 spiro atoms. The van der Waals surface area contributed by atoms with Crippen LogP contribution in [-0.4, -0.2) is 57.3 Å². The molecule has 168 valence electrons. The van der Waals surface area contributed by atoms with Crippen LogP contribution >= 0.6 is 23.6 Å². The Balaban J connectivity index is 2.26. The summed E-state index contributed by atoms with van der Waals surface area (Å²) in [6.07, 6.45) is 0. The standard InChI is InChI=1S/C21H27N3O5S2/c1-11-16(20(26)29-7)18(31-17(11)19(25)24(3)4)23-21(30)22-12(2)13-8-9-14(27-5)15(10-13)28-6/h8-10,12H,1-7H3,(H2,22,23,30). The van der Waals surface area contributed by atoms with E-state index in [1.54, 1.807) is 35.2 Å². The van der Waals surface area contributed by atoms with Gasteiger partial charge in [0, 0.05) is 14.1 Å². The van der Waals surface area contributed by atoms with E-state index in [1.165, 1.54) is 12.0 Å². The lowest BCUT2D eigenvalue weighted by molar-refractivity contribution is 0.0601. The second-order valence-electron chi connectivity index (χ2n) is 6.89. The summed E-state index contributed by atoms with van der Waals surface area (Å²) in [4.78, 5) is 26.7. The van der Waals surface area contributed by atoms with Crippen LogP contribution in [0.3, 0.4) is 0 Å². The first-order chi connectivity index (χ1) is 14.6. The number of esters is 1. The molecule has 10 heteroatoms. The summed E-state index contributed by atoms with van der Waals surface area (Å²) >= 11 is 6.62. The lowest BCUT2D eigenvalue weighted by Gasteiger charge is -2.18.